The summed E-state index contributed by atoms with van der Waals surface area (Å²) < 4.78 is 0. The zero-order chi connectivity index (χ0) is 11.5. The van der Waals surface area contributed by atoms with Crippen molar-refractivity contribution in [1.29, 1.82) is 0 Å². The first-order chi connectivity index (χ1) is 7.20. The average molecular weight is 513 g/mol. The fourth-order valence-corrected chi connectivity index (χ4v) is 1.03. The van der Waals surface area contributed by atoms with Gasteiger partial charge in [-0.05, 0) is 0 Å². The topological polar surface area (TPSA) is 0 Å². The monoisotopic (exact) mass is 515 g/mol. The quantitative estimate of drug-likeness (QED) is 0.324. The van der Waals surface area contributed by atoms with E-state index in [4.69, 9.17) is 0 Å². The summed E-state index contributed by atoms with van der Waals surface area (Å²) in [4.78, 5) is 0. The molecule has 0 aromatic rings. The maximum Gasteiger partial charge on any atom is 0 e. The van der Waals surface area contributed by atoms with E-state index in [1.54, 1.807) is 0 Å². The van der Waals surface area contributed by atoms with Crippen molar-refractivity contribution in [2.45, 2.75) is 38.2 Å². The summed E-state index contributed by atoms with van der Waals surface area (Å²) in [5, 5.41) is 0. The van der Waals surface area contributed by atoms with Gasteiger partial charge >= 0.3 is 26.9 Å². The Morgan fingerprint density at radius 1 is 0.889 bits per heavy atom. The van der Waals surface area contributed by atoms with Crippen LogP contribution in [0.15, 0.2) is 35.5 Å². The molecular weight excluding hydrogens is 490 g/mol. The summed E-state index contributed by atoms with van der Waals surface area (Å²) in [6.07, 6.45) is 16.7. The van der Waals surface area contributed by atoms with Gasteiger partial charge in [-0.1, -0.05) is 13.8 Å². The van der Waals surface area contributed by atoms with Gasteiger partial charge in [0.05, 0.1) is 0 Å². The van der Waals surface area contributed by atoms with E-state index in [0.29, 0.717) is 15.4 Å². The van der Waals surface area contributed by atoms with Crippen molar-refractivity contribution in [1.82, 2.24) is 0 Å². The fraction of sp³-hybridized carbons (Fsp3) is 0.429. The Morgan fingerprint density at radius 3 is 1.22 bits per heavy atom. The van der Waals surface area contributed by atoms with Crippen LogP contribution < -0.4 is 0 Å². The minimum atomic E-state index is 0. The van der Waals surface area contributed by atoms with Crippen molar-refractivity contribution in [3.05, 3.63) is 47.6 Å². The van der Waals surface area contributed by atoms with Crippen LogP contribution in [-0.4, -0.2) is 15.4 Å². The maximum atomic E-state index is 3.12. The minimum absolute atomic E-state index is 0. The number of allylic oxidation sites excluding steroid dienone is 8. The molecule has 0 nitrogen and oxygen atoms in total. The minimum Gasteiger partial charge on any atom is 0 e. The molecular formula is C14H23Cl2GeHf-2. The molecule has 103 valence electrons. The SMILES string of the molecule is CC1=[C-]CC=C1.CC1=[C-]CC=C1.Cl.Cl.[CH3][GeH][CH3].[Hf]. The molecule has 0 unspecified atom stereocenters. The molecule has 2 aliphatic rings. The summed E-state index contributed by atoms with van der Waals surface area (Å²) in [5.41, 5.74) is 2.55. The number of rotatable bonds is 0. The molecule has 0 aromatic heterocycles. The van der Waals surface area contributed by atoms with E-state index in [2.05, 4.69) is 61.8 Å². The van der Waals surface area contributed by atoms with Crippen LogP contribution in [0.5, 0.6) is 0 Å². The Kier molecular flexibility index (Phi) is 30.8. The van der Waals surface area contributed by atoms with E-state index in [0.717, 1.165) is 12.8 Å². The van der Waals surface area contributed by atoms with Crippen molar-refractivity contribution < 1.29 is 25.8 Å². The summed E-state index contributed by atoms with van der Waals surface area (Å²) >= 11 is 0.312. The van der Waals surface area contributed by atoms with E-state index in [9.17, 15) is 0 Å². The van der Waals surface area contributed by atoms with Crippen molar-refractivity contribution in [2.75, 3.05) is 0 Å². The van der Waals surface area contributed by atoms with Gasteiger partial charge in [0.25, 0.3) is 0 Å². The molecule has 0 aromatic carbocycles. The Morgan fingerprint density at radius 2 is 1.17 bits per heavy atom. The summed E-state index contributed by atoms with van der Waals surface area (Å²) in [6, 6.07) is 0. The normalized spacial score (nSPS) is 13.3. The fourth-order valence-electron chi connectivity index (χ4n) is 1.03. The van der Waals surface area contributed by atoms with Gasteiger partial charge in [0.2, 0.25) is 0 Å². The third-order valence-electron chi connectivity index (χ3n) is 1.73. The second kappa shape index (κ2) is 20.3. The van der Waals surface area contributed by atoms with Gasteiger partial charge < -0.3 is 0 Å². The zero-order valence-electron chi connectivity index (χ0n) is 11.6. The molecule has 0 fully saturated rings. The van der Waals surface area contributed by atoms with E-state index in [-0.39, 0.29) is 50.7 Å². The maximum absolute atomic E-state index is 3.12. The van der Waals surface area contributed by atoms with Gasteiger partial charge in [-0.25, -0.2) is 23.3 Å². The predicted octanol–water partition coefficient (Wildman–Crippen LogP) is 4.75. The van der Waals surface area contributed by atoms with Crippen LogP contribution in [0.3, 0.4) is 0 Å². The molecule has 0 saturated heterocycles. The Hall–Kier alpha value is 0.953. The van der Waals surface area contributed by atoms with Crippen molar-refractivity contribution in [2.24, 2.45) is 0 Å². The van der Waals surface area contributed by atoms with Gasteiger partial charge in [-0.3, -0.25) is 12.2 Å². The Labute approximate surface area is 151 Å². The Balaban J connectivity index is -0.0000000793. The van der Waals surface area contributed by atoms with Crippen molar-refractivity contribution >= 4 is 40.2 Å². The smallest absolute Gasteiger partial charge is 0 e. The average Bonchev–Trinajstić information content (AvgIpc) is 2.81. The van der Waals surface area contributed by atoms with Crippen molar-refractivity contribution in [3.63, 3.8) is 0 Å². The largest absolute Gasteiger partial charge is 0 e. The van der Waals surface area contributed by atoms with Crippen LogP contribution in [0.25, 0.3) is 0 Å². The number of halogens is 2. The standard InChI is InChI=1S/2C6H7.C2H7Ge.2ClH.Hf/c2*1-6-4-2-3-5-6;1-3-2;;;/h2*2,4H,3H2,1H3;3H,1-2H3;2*1H;/q2*-1;;;;. The van der Waals surface area contributed by atoms with E-state index in [1.807, 2.05) is 0 Å². The van der Waals surface area contributed by atoms with Gasteiger partial charge in [0.15, 0.2) is 0 Å². The molecule has 2 aliphatic carbocycles. The van der Waals surface area contributed by atoms with E-state index >= 15 is 0 Å². The van der Waals surface area contributed by atoms with Crippen LogP contribution >= 0.6 is 24.8 Å². The Bertz CT molecular complexity index is 248. The molecule has 1 radical (unpaired) electrons. The molecule has 0 heterocycles. The molecule has 0 saturated carbocycles. The molecule has 0 spiro atoms. The van der Waals surface area contributed by atoms with Gasteiger partial charge in [0, 0.05) is 25.8 Å². The van der Waals surface area contributed by atoms with Crippen LogP contribution in [0.1, 0.15) is 26.7 Å². The first-order valence-corrected chi connectivity index (χ1v) is 10.3. The van der Waals surface area contributed by atoms with Gasteiger partial charge in [-0.2, -0.15) is 12.2 Å². The molecule has 0 atom stereocenters. The first kappa shape index (κ1) is 27.3. The molecule has 0 bridgehead atoms. The molecule has 2 rings (SSSR count). The third-order valence-corrected chi connectivity index (χ3v) is 1.73. The van der Waals surface area contributed by atoms with E-state index in [1.165, 1.54) is 11.1 Å². The number of hydrogen-bond donors (Lipinski definition) is 0. The predicted molar refractivity (Wildman–Crippen MR) is 85.7 cm³/mol. The summed E-state index contributed by atoms with van der Waals surface area (Å²) in [6.45, 7) is 4.12. The zero-order valence-corrected chi connectivity index (χ0v) is 19.3. The number of hydrogen-bond acceptors (Lipinski definition) is 0. The van der Waals surface area contributed by atoms with E-state index < -0.39 is 0 Å². The van der Waals surface area contributed by atoms with Crippen LogP contribution in [0.2, 0.25) is 11.5 Å². The first-order valence-electron chi connectivity index (χ1n) is 5.42. The molecule has 18 heavy (non-hydrogen) atoms. The second-order valence-electron chi connectivity index (χ2n) is 3.51. The van der Waals surface area contributed by atoms with Gasteiger partial charge in [-0.15, -0.1) is 37.7 Å². The van der Waals surface area contributed by atoms with Gasteiger partial charge in [0.1, 0.15) is 0 Å². The van der Waals surface area contributed by atoms with Crippen molar-refractivity contribution in [3.8, 4) is 0 Å². The second-order valence-corrected chi connectivity index (χ2v) is 5.93. The molecule has 0 amide bonds. The third kappa shape index (κ3) is 19.3. The molecule has 0 aliphatic heterocycles. The van der Waals surface area contributed by atoms with Crippen LogP contribution in [0.4, 0.5) is 0 Å². The summed E-state index contributed by atoms with van der Waals surface area (Å²) in [5.74, 6) is 4.56. The summed E-state index contributed by atoms with van der Waals surface area (Å²) in [7, 11) is 0. The molecule has 0 N–H and O–H groups in total. The van der Waals surface area contributed by atoms with Crippen LogP contribution in [-0.2, 0) is 25.8 Å². The molecule has 4 heteroatoms. The van der Waals surface area contributed by atoms with Crippen LogP contribution in [0, 0.1) is 12.2 Å².